The molecule has 1 fully saturated rings. The Bertz CT molecular complexity index is 1110. The van der Waals surface area contributed by atoms with E-state index in [2.05, 4.69) is 46.3 Å². The first-order chi connectivity index (χ1) is 14.9. The minimum absolute atomic E-state index is 0.0115. The Hall–Kier alpha value is -3.42. The van der Waals surface area contributed by atoms with E-state index in [-0.39, 0.29) is 23.9 Å². The van der Waals surface area contributed by atoms with Gasteiger partial charge in [-0.05, 0) is 25.1 Å². The van der Waals surface area contributed by atoms with Crippen LogP contribution in [0.5, 0.6) is 0 Å². The van der Waals surface area contributed by atoms with Gasteiger partial charge in [-0.3, -0.25) is 9.59 Å². The second-order valence-electron chi connectivity index (χ2n) is 8.19. The fourth-order valence-corrected chi connectivity index (χ4v) is 3.58. The summed E-state index contributed by atoms with van der Waals surface area (Å²) in [5.74, 6) is 0.926. The van der Waals surface area contributed by atoms with Crippen LogP contribution in [0.4, 0.5) is 5.69 Å². The quantitative estimate of drug-likeness (QED) is 0.630. The molecular formula is C23H27N5O3. The van der Waals surface area contributed by atoms with Gasteiger partial charge in [-0.25, -0.2) is 0 Å². The second-order valence-corrected chi connectivity index (χ2v) is 8.19. The molecule has 2 aromatic heterocycles. The third kappa shape index (κ3) is 4.68. The molecule has 0 N–H and O–H groups in total. The van der Waals surface area contributed by atoms with Gasteiger partial charge in [-0.1, -0.05) is 31.5 Å². The van der Waals surface area contributed by atoms with Crippen molar-refractivity contribution < 1.29 is 9.21 Å². The molecule has 4 rings (SSSR count). The molecule has 0 aliphatic carbocycles. The molecule has 3 heterocycles. The van der Waals surface area contributed by atoms with Gasteiger partial charge < -0.3 is 18.8 Å². The number of carbonyl (C=O) groups excluding carboxylic acids is 1. The number of piperazine rings is 1. The van der Waals surface area contributed by atoms with E-state index < -0.39 is 0 Å². The molecule has 0 atom stereocenters. The molecule has 1 aromatic carbocycles. The Labute approximate surface area is 181 Å². The third-order valence-corrected chi connectivity index (χ3v) is 5.50. The fraction of sp³-hybridized carbons (Fsp3) is 0.391. The topological polar surface area (TPSA) is 84.5 Å². The molecule has 8 heteroatoms. The molecular weight excluding hydrogens is 394 g/mol. The Kier molecular flexibility index (Phi) is 5.88. The van der Waals surface area contributed by atoms with E-state index in [4.69, 9.17) is 4.42 Å². The first-order valence-corrected chi connectivity index (χ1v) is 10.5. The predicted molar refractivity (Wildman–Crippen MR) is 118 cm³/mol. The zero-order valence-electron chi connectivity index (χ0n) is 18.1. The summed E-state index contributed by atoms with van der Waals surface area (Å²) in [6.07, 6.45) is 1.61. The summed E-state index contributed by atoms with van der Waals surface area (Å²) >= 11 is 0. The van der Waals surface area contributed by atoms with Gasteiger partial charge in [-0.15, -0.1) is 10.2 Å². The number of rotatable bonds is 5. The van der Waals surface area contributed by atoms with E-state index in [1.54, 1.807) is 12.3 Å². The molecule has 0 bridgehead atoms. The SMILES string of the molecule is Cc1ccc(N2CCN(C(=O)Cn3cc(-c4nnc(C(C)C)o4)ccc3=O)CC2)cc1. The van der Waals surface area contributed by atoms with Gasteiger partial charge in [0.1, 0.15) is 6.54 Å². The summed E-state index contributed by atoms with van der Waals surface area (Å²) in [5.41, 5.74) is 2.78. The van der Waals surface area contributed by atoms with Gasteiger partial charge >= 0.3 is 0 Å². The number of anilines is 1. The van der Waals surface area contributed by atoms with Crippen molar-refractivity contribution >= 4 is 11.6 Å². The Morgan fingerprint density at radius 3 is 2.39 bits per heavy atom. The minimum Gasteiger partial charge on any atom is -0.420 e. The van der Waals surface area contributed by atoms with Crippen molar-refractivity contribution in [3.63, 3.8) is 0 Å². The van der Waals surface area contributed by atoms with Gasteiger partial charge in [0.25, 0.3) is 5.56 Å². The normalized spacial score (nSPS) is 14.3. The highest BCUT2D eigenvalue weighted by molar-refractivity contribution is 5.76. The molecule has 1 saturated heterocycles. The average molecular weight is 422 g/mol. The van der Waals surface area contributed by atoms with Crippen molar-refractivity contribution in [1.29, 1.82) is 0 Å². The average Bonchev–Trinajstić information content (AvgIpc) is 3.27. The Balaban J connectivity index is 1.41. The Morgan fingerprint density at radius 1 is 1.03 bits per heavy atom. The van der Waals surface area contributed by atoms with E-state index in [0.717, 1.165) is 13.1 Å². The van der Waals surface area contributed by atoms with Crippen molar-refractivity contribution in [2.75, 3.05) is 31.1 Å². The van der Waals surface area contributed by atoms with Gasteiger partial charge in [0.15, 0.2) is 0 Å². The molecule has 0 radical (unpaired) electrons. The molecule has 162 valence electrons. The van der Waals surface area contributed by atoms with Crippen molar-refractivity contribution in [3.05, 3.63) is 64.4 Å². The summed E-state index contributed by atoms with van der Waals surface area (Å²) in [4.78, 5) is 29.2. The van der Waals surface area contributed by atoms with Crippen LogP contribution in [0.2, 0.25) is 0 Å². The minimum atomic E-state index is -0.237. The van der Waals surface area contributed by atoms with Gasteiger partial charge in [0, 0.05) is 50.0 Å². The van der Waals surface area contributed by atoms with Gasteiger partial charge in [0.2, 0.25) is 17.7 Å². The van der Waals surface area contributed by atoms with Gasteiger partial charge in [0.05, 0.1) is 5.56 Å². The van der Waals surface area contributed by atoms with Crippen LogP contribution in [0.3, 0.4) is 0 Å². The standard InChI is InChI=1S/C23H27N5O3/c1-16(2)22-24-25-23(31-22)18-6-9-20(29)28(14-18)15-21(30)27-12-10-26(11-13-27)19-7-4-17(3)5-8-19/h4-9,14,16H,10-13,15H2,1-3H3. The third-order valence-electron chi connectivity index (χ3n) is 5.50. The lowest BCUT2D eigenvalue weighted by molar-refractivity contribution is -0.132. The first kappa shape index (κ1) is 20.8. The van der Waals surface area contributed by atoms with E-state index in [1.807, 2.05) is 18.7 Å². The Morgan fingerprint density at radius 2 is 1.74 bits per heavy atom. The van der Waals surface area contributed by atoms with Crippen LogP contribution in [0.25, 0.3) is 11.5 Å². The van der Waals surface area contributed by atoms with Crippen LogP contribution in [0.15, 0.2) is 51.8 Å². The number of carbonyl (C=O) groups is 1. The lowest BCUT2D eigenvalue weighted by atomic mass is 10.2. The van der Waals surface area contributed by atoms with Gasteiger partial charge in [-0.2, -0.15) is 0 Å². The molecule has 1 aliphatic rings. The highest BCUT2D eigenvalue weighted by atomic mass is 16.4. The molecule has 31 heavy (non-hydrogen) atoms. The first-order valence-electron chi connectivity index (χ1n) is 10.5. The lowest BCUT2D eigenvalue weighted by Crippen LogP contribution is -2.50. The van der Waals surface area contributed by atoms with Crippen LogP contribution in [-0.4, -0.2) is 51.8 Å². The van der Waals surface area contributed by atoms with Crippen molar-refractivity contribution in [1.82, 2.24) is 19.7 Å². The van der Waals surface area contributed by atoms with Crippen LogP contribution in [0.1, 0.15) is 31.2 Å². The fourth-order valence-electron chi connectivity index (χ4n) is 3.58. The molecule has 8 nitrogen and oxygen atoms in total. The molecule has 0 unspecified atom stereocenters. The maximum absolute atomic E-state index is 12.8. The van der Waals surface area contributed by atoms with Crippen molar-refractivity contribution in [2.24, 2.45) is 0 Å². The number of benzene rings is 1. The van der Waals surface area contributed by atoms with Crippen molar-refractivity contribution in [3.8, 4) is 11.5 Å². The monoisotopic (exact) mass is 421 g/mol. The van der Waals surface area contributed by atoms with Crippen LogP contribution < -0.4 is 10.5 Å². The number of aromatic nitrogens is 3. The smallest absolute Gasteiger partial charge is 0.251 e. The number of nitrogens with zero attached hydrogens (tertiary/aromatic N) is 5. The zero-order chi connectivity index (χ0) is 22.0. The van der Waals surface area contributed by atoms with Crippen LogP contribution in [0, 0.1) is 6.92 Å². The number of hydrogen-bond donors (Lipinski definition) is 0. The number of amides is 1. The summed E-state index contributed by atoms with van der Waals surface area (Å²) in [6, 6.07) is 11.5. The molecule has 3 aromatic rings. The number of hydrogen-bond acceptors (Lipinski definition) is 6. The molecule has 0 spiro atoms. The number of pyridine rings is 1. The second kappa shape index (κ2) is 8.75. The highest BCUT2D eigenvalue weighted by Gasteiger charge is 2.22. The van der Waals surface area contributed by atoms with Crippen LogP contribution >= 0.6 is 0 Å². The van der Waals surface area contributed by atoms with E-state index in [9.17, 15) is 9.59 Å². The largest absolute Gasteiger partial charge is 0.420 e. The summed E-state index contributed by atoms with van der Waals surface area (Å²) < 4.78 is 7.08. The summed E-state index contributed by atoms with van der Waals surface area (Å²) in [5, 5.41) is 8.09. The predicted octanol–water partition coefficient (Wildman–Crippen LogP) is 2.68. The van der Waals surface area contributed by atoms with Crippen LogP contribution in [-0.2, 0) is 11.3 Å². The zero-order valence-corrected chi connectivity index (χ0v) is 18.1. The lowest BCUT2D eigenvalue weighted by Gasteiger charge is -2.36. The van der Waals surface area contributed by atoms with E-state index >= 15 is 0 Å². The summed E-state index contributed by atoms with van der Waals surface area (Å²) in [7, 11) is 0. The molecule has 1 aliphatic heterocycles. The maximum Gasteiger partial charge on any atom is 0.251 e. The molecule has 1 amide bonds. The van der Waals surface area contributed by atoms with Crippen molar-refractivity contribution in [2.45, 2.75) is 33.2 Å². The molecule has 0 saturated carbocycles. The van der Waals surface area contributed by atoms with E-state index in [1.165, 1.54) is 21.9 Å². The highest BCUT2D eigenvalue weighted by Crippen LogP contribution is 2.20. The number of aryl methyl sites for hydroxylation is 1. The summed E-state index contributed by atoms with van der Waals surface area (Å²) in [6.45, 7) is 8.78. The maximum atomic E-state index is 12.8. The van der Waals surface area contributed by atoms with E-state index in [0.29, 0.717) is 30.4 Å².